The van der Waals surface area contributed by atoms with Crippen molar-refractivity contribution in [2.24, 2.45) is 0 Å². The molecule has 4 nitrogen and oxygen atoms in total. The van der Waals surface area contributed by atoms with E-state index in [1.165, 1.54) is 10.3 Å². The maximum absolute atomic E-state index is 4.56. The normalized spacial score (nSPS) is 12.7. The number of aromatic nitrogens is 3. The predicted molar refractivity (Wildman–Crippen MR) is 91.3 cm³/mol. The molecule has 0 aliphatic heterocycles. The highest BCUT2D eigenvalue weighted by Crippen LogP contribution is 2.31. The summed E-state index contributed by atoms with van der Waals surface area (Å²) in [5.74, 6) is 0. The van der Waals surface area contributed by atoms with Crippen LogP contribution in [0.15, 0.2) is 34.9 Å². The van der Waals surface area contributed by atoms with E-state index in [-0.39, 0.29) is 6.04 Å². The molecule has 0 spiro atoms. The highest BCUT2D eigenvalue weighted by atomic mass is 32.2. The number of thiazole rings is 1. The van der Waals surface area contributed by atoms with Gasteiger partial charge in [0.2, 0.25) is 0 Å². The molecule has 2 heterocycles. The first-order chi connectivity index (χ1) is 10.2. The molecule has 110 valence electrons. The number of benzene rings is 1. The molecule has 1 aromatic carbocycles. The van der Waals surface area contributed by atoms with Gasteiger partial charge in [0.15, 0.2) is 4.34 Å². The lowest BCUT2D eigenvalue weighted by Crippen LogP contribution is -2.05. The first kappa shape index (κ1) is 14.4. The van der Waals surface area contributed by atoms with Gasteiger partial charge in [0.25, 0.3) is 0 Å². The van der Waals surface area contributed by atoms with Gasteiger partial charge in [0, 0.05) is 24.0 Å². The third-order valence-corrected chi connectivity index (χ3v) is 5.41. The van der Waals surface area contributed by atoms with Crippen molar-refractivity contribution in [2.75, 3.05) is 11.6 Å². The number of anilines is 1. The quantitative estimate of drug-likeness (QED) is 0.708. The first-order valence-corrected chi connectivity index (χ1v) is 8.97. The van der Waals surface area contributed by atoms with Gasteiger partial charge in [0.05, 0.1) is 22.5 Å². The van der Waals surface area contributed by atoms with Crippen molar-refractivity contribution < 1.29 is 0 Å². The van der Waals surface area contributed by atoms with E-state index >= 15 is 0 Å². The van der Waals surface area contributed by atoms with Crippen molar-refractivity contribution in [3.8, 4) is 0 Å². The van der Waals surface area contributed by atoms with Gasteiger partial charge in [-0.05, 0) is 38.3 Å². The molecule has 0 fully saturated rings. The van der Waals surface area contributed by atoms with Crippen LogP contribution >= 0.6 is 23.1 Å². The second kappa shape index (κ2) is 6.07. The summed E-state index contributed by atoms with van der Waals surface area (Å²) in [4.78, 5) is 4.56. The van der Waals surface area contributed by atoms with E-state index in [0.717, 1.165) is 22.1 Å². The van der Waals surface area contributed by atoms with Gasteiger partial charge >= 0.3 is 0 Å². The van der Waals surface area contributed by atoms with E-state index < -0.39 is 0 Å². The van der Waals surface area contributed by atoms with E-state index in [4.69, 9.17) is 0 Å². The van der Waals surface area contributed by atoms with Gasteiger partial charge in [-0.15, -0.1) is 11.3 Å². The van der Waals surface area contributed by atoms with Gasteiger partial charge in [-0.3, -0.25) is 4.68 Å². The molecule has 3 rings (SSSR count). The van der Waals surface area contributed by atoms with E-state index in [1.807, 2.05) is 10.9 Å². The molecule has 21 heavy (non-hydrogen) atoms. The van der Waals surface area contributed by atoms with Crippen LogP contribution in [-0.2, 0) is 6.54 Å². The van der Waals surface area contributed by atoms with Gasteiger partial charge in [0.1, 0.15) is 0 Å². The molecule has 0 saturated heterocycles. The molecule has 6 heteroatoms. The molecule has 1 unspecified atom stereocenters. The maximum atomic E-state index is 4.56. The van der Waals surface area contributed by atoms with Crippen LogP contribution in [0.1, 0.15) is 25.5 Å². The van der Waals surface area contributed by atoms with Crippen molar-refractivity contribution in [3.05, 3.63) is 36.2 Å². The van der Waals surface area contributed by atoms with Gasteiger partial charge in [-0.25, -0.2) is 4.98 Å². The SMILES string of the molecule is CCn1cc(C(C)Nc2ccc3nc(SC)sc3c2)cn1. The molecule has 0 amide bonds. The summed E-state index contributed by atoms with van der Waals surface area (Å²) in [7, 11) is 0. The Morgan fingerprint density at radius 1 is 1.43 bits per heavy atom. The van der Waals surface area contributed by atoms with Gasteiger partial charge < -0.3 is 5.32 Å². The number of hydrogen-bond acceptors (Lipinski definition) is 5. The van der Waals surface area contributed by atoms with Crippen LogP contribution in [0, 0.1) is 0 Å². The molecule has 0 aliphatic carbocycles. The summed E-state index contributed by atoms with van der Waals surface area (Å²) in [5, 5.41) is 7.86. The average molecular weight is 318 g/mol. The molecule has 1 atom stereocenters. The van der Waals surface area contributed by atoms with Crippen molar-refractivity contribution in [1.29, 1.82) is 0 Å². The smallest absolute Gasteiger partial charge is 0.150 e. The predicted octanol–water partition coefficient (Wildman–Crippen LogP) is 4.41. The van der Waals surface area contributed by atoms with Crippen LogP contribution in [0.3, 0.4) is 0 Å². The van der Waals surface area contributed by atoms with E-state index in [9.17, 15) is 0 Å². The maximum Gasteiger partial charge on any atom is 0.150 e. The summed E-state index contributed by atoms with van der Waals surface area (Å²) in [6.45, 7) is 5.15. The number of aryl methyl sites for hydroxylation is 1. The number of fused-ring (bicyclic) bond motifs is 1. The Morgan fingerprint density at radius 3 is 3.00 bits per heavy atom. The van der Waals surface area contributed by atoms with Crippen LogP contribution in [0.25, 0.3) is 10.2 Å². The van der Waals surface area contributed by atoms with Gasteiger partial charge in [-0.1, -0.05) is 11.8 Å². The lowest BCUT2D eigenvalue weighted by atomic mass is 10.2. The third-order valence-electron chi connectivity index (χ3n) is 3.40. The second-order valence-electron chi connectivity index (χ2n) is 4.86. The summed E-state index contributed by atoms with van der Waals surface area (Å²) >= 11 is 3.43. The van der Waals surface area contributed by atoms with Crippen LogP contribution < -0.4 is 5.32 Å². The Morgan fingerprint density at radius 2 is 2.29 bits per heavy atom. The fourth-order valence-corrected chi connectivity index (χ4v) is 3.72. The number of nitrogens with one attached hydrogen (secondary N) is 1. The Labute approximate surface area is 132 Å². The Balaban J connectivity index is 1.80. The first-order valence-electron chi connectivity index (χ1n) is 6.93. The molecule has 3 aromatic rings. The highest BCUT2D eigenvalue weighted by Gasteiger charge is 2.09. The largest absolute Gasteiger partial charge is 0.378 e. The number of rotatable bonds is 5. The molecule has 0 radical (unpaired) electrons. The summed E-state index contributed by atoms with van der Waals surface area (Å²) in [6.07, 6.45) is 6.08. The average Bonchev–Trinajstić information content (AvgIpc) is 3.12. The summed E-state index contributed by atoms with van der Waals surface area (Å²) in [6, 6.07) is 6.58. The van der Waals surface area contributed by atoms with Crippen molar-refractivity contribution in [3.63, 3.8) is 0 Å². The minimum absolute atomic E-state index is 0.232. The Kier molecular flexibility index (Phi) is 4.17. The molecular formula is C15H18N4S2. The molecule has 0 aliphatic rings. The molecule has 0 bridgehead atoms. The second-order valence-corrected chi connectivity index (χ2v) is 6.95. The minimum Gasteiger partial charge on any atom is -0.378 e. The lowest BCUT2D eigenvalue weighted by Gasteiger charge is -2.13. The number of thioether (sulfide) groups is 1. The monoisotopic (exact) mass is 318 g/mol. The van der Waals surface area contributed by atoms with E-state index in [2.05, 4.69) is 59.9 Å². The zero-order valence-electron chi connectivity index (χ0n) is 12.3. The molecular weight excluding hydrogens is 300 g/mol. The molecule has 2 aromatic heterocycles. The number of hydrogen-bond donors (Lipinski definition) is 1. The Bertz CT molecular complexity index is 747. The van der Waals surface area contributed by atoms with Crippen molar-refractivity contribution >= 4 is 39.0 Å². The highest BCUT2D eigenvalue weighted by molar-refractivity contribution is 8.00. The van der Waals surface area contributed by atoms with E-state index in [1.54, 1.807) is 23.1 Å². The Hall–Kier alpha value is -1.53. The zero-order valence-corrected chi connectivity index (χ0v) is 14.0. The zero-order chi connectivity index (χ0) is 14.8. The fourth-order valence-electron chi connectivity index (χ4n) is 2.19. The fraction of sp³-hybridized carbons (Fsp3) is 0.333. The lowest BCUT2D eigenvalue weighted by molar-refractivity contribution is 0.658. The standard InChI is InChI=1S/C15H18N4S2/c1-4-19-9-11(8-16-19)10(2)17-12-5-6-13-14(7-12)21-15(18-13)20-3/h5-10,17H,4H2,1-3H3. The van der Waals surface area contributed by atoms with Crippen molar-refractivity contribution in [2.45, 2.75) is 30.8 Å². The third kappa shape index (κ3) is 3.06. The van der Waals surface area contributed by atoms with Crippen LogP contribution in [0.2, 0.25) is 0 Å². The van der Waals surface area contributed by atoms with Crippen LogP contribution in [0.4, 0.5) is 5.69 Å². The van der Waals surface area contributed by atoms with Crippen molar-refractivity contribution in [1.82, 2.24) is 14.8 Å². The summed E-state index contributed by atoms with van der Waals surface area (Å²) < 4.78 is 4.28. The number of nitrogens with zero attached hydrogens (tertiary/aromatic N) is 3. The molecule has 1 N–H and O–H groups in total. The van der Waals surface area contributed by atoms with Gasteiger partial charge in [-0.2, -0.15) is 5.10 Å². The van der Waals surface area contributed by atoms with E-state index in [0.29, 0.717) is 0 Å². The summed E-state index contributed by atoms with van der Waals surface area (Å²) in [5.41, 5.74) is 3.39. The topological polar surface area (TPSA) is 42.7 Å². The van der Waals surface area contributed by atoms with Crippen LogP contribution in [-0.4, -0.2) is 21.0 Å². The molecule has 0 saturated carbocycles. The minimum atomic E-state index is 0.232. The van der Waals surface area contributed by atoms with Crippen LogP contribution in [0.5, 0.6) is 0 Å².